The Morgan fingerprint density at radius 1 is 1.24 bits per heavy atom. The van der Waals surface area contributed by atoms with E-state index in [0.717, 1.165) is 16.1 Å². The van der Waals surface area contributed by atoms with E-state index in [1.54, 1.807) is 12.1 Å². The highest BCUT2D eigenvalue weighted by Gasteiger charge is 2.35. The summed E-state index contributed by atoms with van der Waals surface area (Å²) in [5.74, 6) is 0.441. The van der Waals surface area contributed by atoms with Crippen LogP contribution in [0.2, 0.25) is 5.02 Å². The number of nitrogens with zero attached hydrogens (tertiary/aromatic N) is 1. The first kappa shape index (κ1) is 21.5. The first-order valence-corrected chi connectivity index (χ1v) is 11.7. The number of carbonyl (C=O) groups excluding carboxylic acids is 1. The minimum Gasteiger partial charge on any atom is -0.476 e. The van der Waals surface area contributed by atoms with Crippen LogP contribution in [-0.4, -0.2) is 39.8 Å². The van der Waals surface area contributed by atoms with Gasteiger partial charge in [0.25, 0.3) is 5.91 Å². The summed E-state index contributed by atoms with van der Waals surface area (Å²) in [6.45, 7) is 4.63. The second-order valence-corrected chi connectivity index (χ2v) is 9.79. The number of fused-ring (bicyclic) bond motifs is 1. The second-order valence-electron chi connectivity index (χ2n) is 7.45. The van der Waals surface area contributed by atoms with Crippen molar-refractivity contribution in [3.8, 4) is 5.75 Å². The Hall–Kier alpha value is -2.25. The lowest BCUT2D eigenvalue weighted by molar-refractivity contribution is -0.127. The molecule has 0 aromatic heterocycles. The van der Waals surface area contributed by atoms with Crippen LogP contribution in [0, 0.1) is 0 Å². The van der Waals surface area contributed by atoms with Crippen molar-refractivity contribution in [1.29, 1.82) is 0 Å². The quantitative estimate of drug-likeness (QED) is 0.753. The molecule has 29 heavy (non-hydrogen) atoms. The maximum atomic E-state index is 12.6. The van der Waals surface area contributed by atoms with Crippen molar-refractivity contribution in [2.45, 2.75) is 32.3 Å². The third-order valence-electron chi connectivity index (χ3n) is 4.84. The smallest absolute Gasteiger partial charge is 0.263 e. The minimum absolute atomic E-state index is 0.0961. The van der Waals surface area contributed by atoms with Gasteiger partial charge in [0.15, 0.2) is 6.10 Å². The van der Waals surface area contributed by atoms with Gasteiger partial charge in [-0.15, -0.1) is 0 Å². The number of hydrogen-bond acceptors (Lipinski definition) is 4. The summed E-state index contributed by atoms with van der Waals surface area (Å²) < 4.78 is 31.3. The van der Waals surface area contributed by atoms with E-state index < -0.39 is 16.1 Å². The zero-order chi connectivity index (χ0) is 21.2. The number of nitrogens with one attached hydrogen (secondary N) is 1. The number of rotatable bonds is 6. The van der Waals surface area contributed by atoms with E-state index in [1.165, 1.54) is 11.6 Å². The number of ether oxygens (including phenoxy) is 1. The van der Waals surface area contributed by atoms with Gasteiger partial charge < -0.3 is 10.1 Å². The SMILES string of the molecule is CC(C)c1ccc(CCNC(=O)C2CN(S(C)(=O)=O)c3cc(Cl)ccc3O2)cc1. The molecule has 2 aromatic carbocycles. The lowest BCUT2D eigenvalue weighted by Crippen LogP contribution is -2.50. The molecule has 1 atom stereocenters. The van der Waals surface area contributed by atoms with Gasteiger partial charge in [-0.25, -0.2) is 8.42 Å². The molecule has 6 nitrogen and oxygen atoms in total. The standard InChI is InChI=1S/C21H25ClN2O4S/c1-14(2)16-6-4-15(5-7-16)10-11-23-21(25)20-13-24(29(3,26)27)18-12-17(22)8-9-19(18)28-20/h4-9,12,14,20H,10-11,13H2,1-3H3,(H,23,25). The predicted molar refractivity (Wildman–Crippen MR) is 115 cm³/mol. The molecule has 0 saturated carbocycles. The Morgan fingerprint density at radius 3 is 2.55 bits per heavy atom. The molecule has 156 valence electrons. The van der Waals surface area contributed by atoms with Gasteiger partial charge in [0.1, 0.15) is 5.75 Å². The molecule has 0 fully saturated rings. The molecule has 0 aliphatic carbocycles. The summed E-state index contributed by atoms with van der Waals surface area (Å²) in [5, 5.41) is 3.24. The highest BCUT2D eigenvalue weighted by atomic mass is 35.5. The molecule has 0 radical (unpaired) electrons. The van der Waals surface area contributed by atoms with Gasteiger partial charge in [-0.2, -0.15) is 0 Å². The van der Waals surface area contributed by atoms with E-state index in [1.807, 2.05) is 0 Å². The number of hydrogen-bond donors (Lipinski definition) is 1. The van der Waals surface area contributed by atoms with Crippen molar-refractivity contribution in [3.63, 3.8) is 0 Å². The average Bonchev–Trinajstić information content (AvgIpc) is 2.66. The lowest BCUT2D eigenvalue weighted by Gasteiger charge is -2.34. The molecule has 1 aliphatic heterocycles. The number of anilines is 1. The Balaban J connectivity index is 1.64. The van der Waals surface area contributed by atoms with E-state index in [9.17, 15) is 13.2 Å². The van der Waals surface area contributed by atoms with Crippen molar-refractivity contribution in [2.24, 2.45) is 0 Å². The normalized spacial score (nSPS) is 16.3. The van der Waals surface area contributed by atoms with Crippen LogP contribution < -0.4 is 14.4 Å². The number of sulfonamides is 1. The van der Waals surface area contributed by atoms with Crippen molar-refractivity contribution in [3.05, 3.63) is 58.6 Å². The molecule has 0 saturated heterocycles. The monoisotopic (exact) mass is 436 g/mol. The number of amides is 1. The number of carbonyl (C=O) groups is 1. The van der Waals surface area contributed by atoms with Crippen molar-refractivity contribution >= 4 is 33.2 Å². The van der Waals surface area contributed by atoms with Crippen LogP contribution in [0.5, 0.6) is 5.75 Å². The summed E-state index contributed by atoms with van der Waals surface area (Å²) in [6.07, 6.45) is 0.846. The molecule has 1 heterocycles. The summed E-state index contributed by atoms with van der Waals surface area (Å²) >= 11 is 5.99. The van der Waals surface area contributed by atoms with Crippen LogP contribution in [-0.2, 0) is 21.2 Å². The summed E-state index contributed by atoms with van der Waals surface area (Å²) in [7, 11) is -3.58. The average molecular weight is 437 g/mol. The maximum absolute atomic E-state index is 12.6. The highest BCUT2D eigenvalue weighted by Crippen LogP contribution is 2.37. The fourth-order valence-electron chi connectivity index (χ4n) is 3.19. The maximum Gasteiger partial charge on any atom is 0.263 e. The van der Waals surface area contributed by atoms with Gasteiger partial charge in [0.2, 0.25) is 10.0 Å². The Morgan fingerprint density at radius 2 is 1.93 bits per heavy atom. The van der Waals surface area contributed by atoms with Crippen molar-refractivity contribution in [1.82, 2.24) is 5.32 Å². The molecule has 0 bridgehead atoms. The van der Waals surface area contributed by atoms with E-state index in [0.29, 0.717) is 35.3 Å². The van der Waals surface area contributed by atoms with Gasteiger partial charge in [-0.3, -0.25) is 9.10 Å². The van der Waals surface area contributed by atoms with Crippen molar-refractivity contribution in [2.75, 3.05) is 23.7 Å². The highest BCUT2D eigenvalue weighted by molar-refractivity contribution is 7.92. The zero-order valence-electron chi connectivity index (χ0n) is 16.7. The molecular weight excluding hydrogens is 412 g/mol. The van der Waals surface area contributed by atoms with Crippen LogP contribution in [0.1, 0.15) is 30.9 Å². The third-order valence-corrected chi connectivity index (χ3v) is 6.22. The van der Waals surface area contributed by atoms with Crippen LogP contribution in [0.4, 0.5) is 5.69 Å². The predicted octanol–water partition coefficient (Wildman–Crippen LogP) is 3.35. The first-order valence-electron chi connectivity index (χ1n) is 9.45. The topological polar surface area (TPSA) is 75.7 Å². The van der Waals surface area contributed by atoms with Gasteiger partial charge in [-0.1, -0.05) is 49.7 Å². The zero-order valence-corrected chi connectivity index (χ0v) is 18.3. The summed E-state index contributed by atoms with van der Waals surface area (Å²) in [6, 6.07) is 13.0. The molecule has 1 amide bonds. The molecule has 1 N–H and O–H groups in total. The van der Waals surface area contributed by atoms with E-state index in [-0.39, 0.29) is 12.5 Å². The number of benzene rings is 2. The fraction of sp³-hybridized carbons (Fsp3) is 0.381. The van der Waals surface area contributed by atoms with Gasteiger partial charge in [0, 0.05) is 11.6 Å². The Labute approximate surface area is 176 Å². The van der Waals surface area contributed by atoms with Crippen LogP contribution in [0.15, 0.2) is 42.5 Å². The minimum atomic E-state index is -3.58. The van der Waals surface area contributed by atoms with E-state index in [4.69, 9.17) is 16.3 Å². The van der Waals surface area contributed by atoms with Crippen LogP contribution in [0.3, 0.4) is 0 Å². The van der Waals surface area contributed by atoms with Gasteiger partial charge >= 0.3 is 0 Å². The lowest BCUT2D eigenvalue weighted by atomic mass is 10.0. The van der Waals surface area contributed by atoms with E-state index in [2.05, 4.69) is 43.4 Å². The summed E-state index contributed by atoms with van der Waals surface area (Å²) in [5.41, 5.74) is 2.74. The largest absolute Gasteiger partial charge is 0.476 e. The summed E-state index contributed by atoms with van der Waals surface area (Å²) in [4.78, 5) is 12.6. The fourth-order valence-corrected chi connectivity index (χ4v) is 4.26. The van der Waals surface area contributed by atoms with Crippen LogP contribution >= 0.6 is 11.6 Å². The van der Waals surface area contributed by atoms with Gasteiger partial charge in [0.05, 0.1) is 18.5 Å². The molecular formula is C21H25ClN2O4S. The Kier molecular flexibility index (Phi) is 6.39. The molecule has 1 unspecified atom stereocenters. The number of halogens is 1. The van der Waals surface area contributed by atoms with Gasteiger partial charge in [-0.05, 0) is 41.7 Å². The van der Waals surface area contributed by atoms with Crippen LogP contribution in [0.25, 0.3) is 0 Å². The van der Waals surface area contributed by atoms with E-state index >= 15 is 0 Å². The second kappa shape index (κ2) is 8.63. The molecule has 1 aliphatic rings. The molecule has 3 rings (SSSR count). The molecule has 2 aromatic rings. The first-order chi connectivity index (χ1) is 13.6. The molecule has 0 spiro atoms. The molecule has 8 heteroatoms. The Bertz CT molecular complexity index is 990. The van der Waals surface area contributed by atoms with Crippen molar-refractivity contribution < 1.29 is 17.9 Å². The third kappa shape index (κ3) is 5.22.